The minimum Gasteiger partial charge on any atom is -0.424 e. The van der Waals surface area contributed by atoms with Gasteiger partial charge in [-0.3, -0.25) is 0 Å². The van der Waals surface area contributed by atoms with E-state index in [0.717, 1.165) is 11.3 Å². The van der Waals surface area contributed by atoms with Crippen LogP contribution in [0.4, 0.5) is 6.01 Å². The first-order chi connectivity index (χ1) is 7.61. The molecule has 0 saturated carbocycles. The van der Waals surface area contributed by atoms with Gasteiger partial charge in [0.15, 0.2) is 5.76 Å². The molecule has 16 heavy (non-hydrogen) atoms. The van der Waals surface area contributed by atoms with Crippen LogP contribution in [0.3, 0.4) is 0 Å². The average Bonchev–Trinajstić information content (AvgIpc) is 2.71. The van der Waals surface area contributed by atoms with E-state index in [1.54, 1.807) is 13.2 Å². The number of benzene rings is 1. The third-order valence-corrected chi connectivity index (χ3v) is 2.83. The summed E-state index contributed by atoms with van der Waals surface area (Å²) in [5.41, 5.74) is 4.89. The Morgan fingerprint density at radius 3 is 2.38 bits per heavy atom. The lowest BCUT2D eigenvalue weighted by atomic mass is 10.00. The van der Waals surface area contributed by atoms with Gasteiger partial charge in [0.2, 0.25) is 0 Å². The van der Waals surface area contributed by atoms with E-state index in [2.05, 4.69) is 43.2 Å². The maximum Gasteiger partial charge on any atom is 0.294 e. The van der Waals surface area contributed by atoms with Crippen LogP contribution in [0.15, 0.2) is 22.7 Å². The van der Waals surface area contributed by atoms with Crippen LogP contribution in [0.25, 0.3) is 11.3 Å². The van der Waals surface area contributed by atoms with Crippen LogP contribution in [0, 0.1) is 20.8 Å². The van der Waals surface area contributed by atoms with Crippen LogP contribution in [-0.2, 0) is 0 Å². The van der Waals surface area contributed by atoms with Crippen molar-refractivity contribution in [2.45, 2.75) is 20.8 Å². The van der Waals surface area contributed by atoms with Gasteiger partial charge in [-0.15, -0.1) is 0 Å². The van der Waals surface area contributed by atoms with E-state index in [0.29, 0.717) is 6.01 Å². The van der Waals surface area contributed by atoms with Gasteiger partial charge in [0.25, 0.3) is 6.01 Å². The summed E-state index contributed by atoms with van der Waals surface area (Å²) in [5, 5.41) is 2.88. The summed E-state index contributed by atoms with van der Waals surface area (Å²) in [7, 11) is 1.79. The second-order valence-corrected chi connectivity index (χ2v) is 4.03. The first-order valence-corrected chi connectivity index (χ1v) is 5.33. The fraction of sp³-hybridized carbons (Fsp3) is 0.308. The molecule has 3 nitrogen and oxygen atoms in total. The molecular weight excluding hydrogens is 200 g/mol. The fourth-order valence-corrected chi connectivity index (χ4v) is 1.74. The number of nitrogens with one attached hydrogen (secondary N) is 1. The lowest BCUT2D eigenvalue weighted by molar-refractivity contribution is 0.589. The molecule has 0 aliphatic rings. The van der Waals surface area contributed by atoms with Crippen molar-refractivity contribution in [3.05, 3.63) is 35.0 Å². The van der Waals surface area contributed by atoms with Crippen molar-refractivity contribution in [1.29, 1.82) is 0 Å². The summed E-state index contributed by atoms with van der Waals surface area (Å²) in [6, 6.07) is 4.87. The predicted molar refractivity (Wildman–Crippen MR) is 65.7 cm³/mol. The number of hydrogen-bond donors (Lipinski definition) is 1. The van der Waals surface area contributed by atoms with Crippen molar-refractivity contribution in [2.24, 2.45) is 0 Å². The first kappa shape index (κ1) is 10.7. The monoisotopic (exact) mass is 216 g/mol. The number of aromatic nitrogens is 1. The Labute approximate surface area is 95.5 Å². The van der Waals surface area contributed by atoms with Gasteiger partial charge in [-0.2, -0.15) is 0 Å². The quantitative estimate of drug-likeness (QED) is 0.837. The van der Waals surface area contributed by atoms with Gasteiger partial charge in [0.1, 0.15) is 0 Å². The molecule has 84 valence electrons. The van der Waals surface area contributed by atoms with Crippen molar-refractivity contribution in [1.82, 2.24) is 4.98 Å². The lowest BCUT2D eigenvalue weighted by Gasteiger charge is -2.06. The van der Waals surface area contributed by atoms with E-state index >= 15 is 0 Å². The highest BCUT2D eigenvalue weighted by Gasteiger charge is 2.09. The van der Waals surface area contributed by atoms with E-state index in [1.807, 2.05) is 0 Å². The van der Waals surface area contributed by atoms with Crippen molar-refractivity contribution in [2.75, 3.05) is 12.4 Å². The van der Waals surface area contributed by atoms with Crippen molar-refractivity contribution >= 4 is 6.01 Å². The molecule has 0 fully saturated rings. The highest BCUT2D eigenvalue weighted by atomic mass is 16.4. The van der Waals surface area contributed by atoms with Crippen LogP contribution in [0.5, 0.6) is 0 Å². The second kappa shape index (κ2) is 4.00. The van der Waals surface area contributed by atoms with Crippen molar-refractivity contribution in [3.63, 3.8) is 0 Å². The van der Waals surface area contributed by atoms with E-state index in [9.17, 15) is 0 Å². The smallest absolute Gasteiger partial charge is 0.294 e. The molecule has 0 spiro atoms. The standard InChI is InChI=1S/C13H16N2O/c1-8-5-10(3)11(6-9(8)2)12-7-15-13(14-4)16-12/h5-7H,1-4H3,(H,14,15). The SMILES string of the molecule is CNc1ncc(-c2cc(C)c(C)cc2C)o1. The molecule has 0 atom stereocenters. The minimum absolute atomic E-state index is 0.549. The average molecular weight is 216 g/mol. The summed E-state index contributed by atoms with van der Waals surface area (Å²) < 4.78 is 5.57. The molecule has 3 heteroatoms. The topological polar surface area (TPSA) is 38.1 Å². The van der Waals surface area contributed by atoms with Gasteiger partial charge in [-0.05, 0) is 43.5 Å². The highest BCUT2D eigenvalue weighted by molar-refractivity contribution is 5.64. The van der Waals surface area contributed by atoms with Gasteiger partial charge in [0, 0.05) is 12.6 Å². The number of hydrogen-bond acceptors (Lipinski definition) is 3. The molecule has 2 aromatic rings. The van der Waals surface area contributed by atoms with Crippen molar-refractivity contribution in [3.8, 4) is 11.3 Å². The zero-order chi connectivity index (χ0) is 11.7. The third-order valence-electron chi connectivity index (χ3n) is 2.83. The van der Waals surface area contributed by atoms with Gasteiger partial charge < -0.3 is 9.73 Å². The molecule has 1 heterocycles. The molecule has 1 aromatic heterocycles. The maximum atomic E-state index is 5.57. The van der Waals surface area contributed by atoms with E-state index in [1.165, 1.54) is 16.7 Å². The molecule has 0 aliphatic heterocycles. The van der Waals surface area contributed by atoms with Gasteiger partial charge in [0.05, 0.1) is 6.20 Å². The number of anilines is 1. The molecule has 0 radical (unpaired) electrons. The van der Waals surface area contributed by atoms with Crippen LogP contribution >= 0.6 is 0 Å². The normalized spacial score (nSPS) is 10.5. The van der Waals surface area contributed by atoms with E-state index < -0.39 is 0 Å². The molecule has 0 saturated heterocycles. The second-order valence-electron chi connectivity index (χ2n) is 4.03. The Bertz CT molecular complexity index is 515. The van der Waals surface area contributed by atoms with Gasteiger partial charge in [-0.1, -0.05) is 6.07 Å². The molecular formula is C13H16N2O. The molecule has 0 amide bonds. The highest BCUT2D eigenvalue weighted by Crippen LogP contribution is 2.27. The molecule has 0 unspecified atom stereocenters. The molecule has 0 aliphatic carbocycles. The fourth-order valence-electron chi connectivity index (χ4n) is 1.74. The zero-order valence-electron chi connectivity index (χ0n) is 10.1. The number of oxazole rings is 1. The zero-order valence-corrected chi connectivity index (χ0v) is 10.1. The summed E-state index contributed by atoms with van der Waals surface area (Å²) in [4.78, 5) is 4.13. The molecule has 0 bridgehead atoms. The summed E-state index contributed by atoms with van der Waals surface area (Å²) in [6.07, 6.45) is 1.75. The van der Waals surface area contributed by atoms with E-state index in [4.69, 9.17) is 4.42 Å². The Kier molecular flexibility index (Phi) is 2.69. The largest absolute Gasteiger partial charge is 0.424 e. The Morgan fingerprint density at radius 1 is 1.06 bits per heavy atom. The Morgan fingerprint density at radius 2 is 1.75 bits per heavy atom. The minimum atomic E-state index is 0.549. The lowest BCUT2D eigenvalue weighted by Crippen LogP contribution is -1.87. The third kappa shape index (κ3) is 1.81. The molecule has 1 N–H and O–H groups in total. The number of nitrogens with zero attached hydrogens (tertiary/aromatic N) is 1. The number of aryl methyl sites for hydroxylation is 3. The molecule has 1 aromatic carbocycles. The van der Waals surface area contributed by atoms with E-state index in [-0.39, 0.29) is 0 Å². The number of rotatable bonds is 2. The van der Waals surface area contributed by atoms with Crippen LogP contribution in [0.2, 0.25) is 0 Å². The Hall–Kier alpha value is -1.77. The van der Waals surface area contributed by atoms with Crippen LogP contribution in [0.1, 0.15) is 16.7 Å². The maximum absolute atomic E-state index is 5.57. The first-order valence-electron chi connectivity index (χ1n) is 5.33. The predicted octanol–water partition coefficient (Wildman–Crippen LogP) is 3.31. The van der Waals surface area contributed by atoms with Gasteiger partial charge in [-0.25, -0.2) is 4.98 Å². The van der Waals surface area contributed by atoms with Crippen LogP contribution < -0.4 is 5.32 Å². The van der Waals surface area contributed by atoms with Crippen LogP contribution in [-0.4, -0.2) is 12.0 Å². The summed E-state index contributed by atoms with van der Waals surface area (Å²) in [5.74, 6) is 0.810. The van der Waals surface area contributed by atoms with Gasteiger partial charge >= 0.3 is 0 Å². The Balaban J connectivity index is 2.51. The molecule has 2 rings (SSSR count). The summed E-state index contributed by atoms with van der Waals surface area (Å²) in [6.45, 7) is 6.31. The van der Waals surface area contributed by atoms with Crippen molar-refractivity contribution < 1.29 is 4.42 Å². The summed E-state index contributed by atoms with van der Waals surface area (Å²) >= 11 is 0.